The van der Waals surface area contributed by atoms with Crippen LogP contribution < -0.4 is 15.5 Å². The van der Waals surface area contributed by atoms with E-state index >= 15 is 0 Å². The predicted octanol–water partition coefficient (Wildman–Crippen LogP) is 6.50. The van der Waals surface area contributed by atoms with E-state index in [1.165, 1.54) is 4.90 Å². The minimum Gasteiger partial charge on any atom is -0.360 e. The van der Waals surface area contributed by atoms with Crippen LogP contribution in [0.5, 0.6) is 0 Å². The van der Waals surface area contributed by atoms with Crippen LogP contribution in [0.4, 0.5) is 21.2 Å². The zero-order valence-corrected chi connectivity index (χ0v) is 22.5. The average molecular weight is 527 g/mol. The SMILES string of the molecule is CC(C)(C)N(C(=O)OC(=O)NC1CCCC[C@H]1Nc1nccc(-c2c[nH]c3ccccc23)n1)c1ccccc1. The zero-order valence-electron chi connectivity index (χ0n) is 22.5. The highest BCUT2D eigenvalue weighted by Crippen LogP contribution is 2.29. The van der Waals surface area contributed by atoms with Gasteiger partial charge in [-0.3, -0.25) is 4.90 Å². The molecule has 3 N–H and O–H groups in total. The first-order valence-corrected chi connectivity index (χ1v) is 13.3. The number of para-hydroxylation sites is 2. The average Bonchev–Trinajstić information content (AvgIpc) is 3.34. The first-order valence-electron chi connectivity index (χ1n) is 13.3. The number of nitrogens with zero attached hydrogens (tertiary/aromatic N) is 3. The molecule has 0 radical (unpaired) electrons. The van der Waals surface area contributed by atoms with Gasteiger partial charge in [0.1, 0.15) is 0 Å². The van der Waals surface area contributed by atoms with E-state index < -0.39 is 17.7 Å². The van der Waals surface area contributed by atoms with Crippen LogP contribution >= 0.6 is 0 Å². The number of alkyl carbamates (subject to hydrolysis) is 1. The van der Waals surface area contributed by atoms with E-state index in [1.807, 2.05) is 81.6 Å². The van der Waals surface area contributed by atoms with Gasteiger partial charge in [0.05, 0.1) is 11.7 Å². The maximum Gasteiger partial charge on any atom is 0.423 e. The molecule has 1 unspecified atom stereocenters. The normalized spacial score (nSPS) is 17.4. The molecule has 0 spiro atoms. The van der Waals surface area contributed by atoms with Crippen LogP contribution in [-0.4, -0.2) is 44.8 Å². The van der Waals surface area contributed by atoms with Crippen LogP contribution in [0.15, 0.2) is 73.1 Å². The summed E-state index contributed by atoms with van der Waals surface area (Å²) in [4.78, 5) is 39.9. The molecule has 2 aromatic heterocycles. The molecule has 4 aromatic rings. The molecule has 2 amide bonds. The van der Waals surface area contributed by atoms with Crippen LogP contribution in [0.1, 0.15) is 46.5 Å². The predicted molar refractivity (Wildman–Crippen MR) is 153 cm³/mol. The van der Waals surface area contributed by atoms with Gasteiger partial charge in [0.25, 0.3) is 0 Å². The van der Waals surface area contributed by atoms with E-state index in [1.54, 1.807) is 6.20 Å². The van der Waals surface area contributed by atoms with Gasteiger partial charge in [-0.05, 0) is 57.9 Å². The smallest absolute Gasteiger partial charge is 0.360 e. The number of hydrogen-bond donors (Lipinski definition) is 3. The lowest BCUT2D eigenvalue weighted by atomic mass is 9.90. The Morgan fingerprint density at radius 1 is 0.974 bits per heavy atom. The molecule has 0 bridgehead atoms. The molecule has 1 fully saturated rings. The Labute approximate surface area is 228 Å². The van der Waals surface area contributed by atoms with Crippen LogP contribution in [0, 0.1) is 0 Å². The van der Waals surface area contributed by atoms with Crippen molar-refractivity contribution in [3.05, 3.63) is 73.1 Å². The zero-order chi connectivity index (χ0) is 27.4. The second-order valence-electron chi connectivity index (χ2n) is 10.8. The van der Waals surface area contributed by atoms with E-state index in [2.05, 4.69) is 26.7 Å². The van der Waals surface area contributed by atoms with Gasteiger partial charge in [-0.2, -0.15) is 0 Å². The fourth-order valence-corrected chi connectivity index (χ4v) is 5.15. The van der Waals surface area contributed by atoms with Crippen LogP contribution in [0.3, 0.4) is 0 Å². The van der Waals surface area contributed by atoms with Crippen molar-refractivity contribution >= 4 is 34.7 Å². The lowest BCUT2D eigenvalue weighted by Crippen LogP contribution is -2.51. The Morgan fingerprint density at radius 3 is 2.46 bits per heavy atom. The lowest BCUT2D eigenvalue weighted by molar-refractivity contribution is 0.146. The number of aromatic nitrogens is 3. The number of anilines is 2. The number of aromatic amines is 1. The number of nitrogens with one attached hydrogen (secondary N) is 3. The largest absolute Gasteiger partial charge is 0.423 e. The third-order valence-corrected chi connectivity index (χ3v) is 6.95. The number of ether oxygens (including phenoxy) is 1. The number of carbonyl (C=O) groups is 2. The Kier molecular flexibility index (Phi) is 7.49. The number of fused-ring (bicyclic) bond motifs is 1. The number of rotatable bonds is 5. The maximum atomic E-state index is 13.1. The fraction of sp³-hybridized carbons (Fsp3) is 0.333. The molecule has 1 saturated carbocycles. The Balaban J connectivity index is 1.27. The molecule has 2 atom stereocenters. The minimum absolute atomic E-state index is 0.104. The second-order valence-corrected chi connectivity index (χ2v) is 10.8. The van der Waals surface area contributed by atoms with Gasteiger partial charge in [0, 0.05) is 46.1 Å². The van der Waals surface area contributed by atoms with E-state index in [4.69, 9.17) is 9.72 Å². The van der Waals surface area contributed by atoms with Crippen LogP contribution in [0.2, 0.25) is 0 Å². The molecule has 1 aliphatic carbocycles. The summed E-state index contributed by atoms with van der Waals surface area (Å²) in [5, 5.41) is 7.42. The monoisotopic (exact) mass is 526 g/mol. The van der Waals surface area contributed by atoms with Crippen molar-refractivity contribution < 1.29 is 14.3 Å². The standard InChI is InChI=1S/C30H34N6O3/c1-30(2,3)36(20-11-5-4-6-12-20)29(38)39-28(37)35-26-16-10-9-15-25(26)34-27-31-18-17-24(33-27)22-19-32-23-14-8-7-13-21(22)23/h4-8,11-14,17-19,25-26,32H,9-10,15-16H2,1-3H3,(H,35,37)(H,31,33,34)/t25-,26?/m1/s1. The summed E-state index contributed by atoms with van der Waals surface area (Å²) in [5.74, 6) is 0.490. The molecule has 2 heterocycles. The molecule has 2 aromatic carbocycles. The van der Waals surface area contributed by atoms with Crippen LogP contribution in [0.25, 0.3) is 22.2 Å². The summed E-state index contributed by atoms with van der Waals surface area (Å²) in [6.07, 6.45) is 5.75. The number of hydrogen-bond acceptors (Lipinski definition) is 6. The van der Waals surface area contributed by atoms with Crippen molar-refractivity contribution in [1.82, 2.24) is 20.3 Å². The van der Waals surface area contributed by atoms with Gasteiger partial charge in [0.2, 0.25) is 5.95 Å². The molecule has 202 valence electrons. The third-order valence-electron chi connectivity index (χ3n) is 6.95. The quantitative estimate of drug-likeness (QED) is 0.256. The molecule has 39 heavy (non-hydrogen) atoms. The Morgan fingerprint density at radius 2 is 1.69 bits per heavy atom. The number of H-pyrrole nitrogens is 1. The molecule has 9 nitrogen and oxygen atoms in total. The molecular weight excluding hydrogens is 492 g/mol. The first kappa shape index (κ1) is 26.2. The molecule has 0 saturated heterocycles. The fourth-order valence-electron chi connectivity index (χ4n) is 5.15. The van der Waals surface area contributed by atoms with Crippen molar-refractivity contribution in [3.8, 4) is 11.3 Å². The highest BCUT2D eigenvalue weighted by molar-refractivity contribution is 5.96. The lowest BCUT2D eigenvalue weighted by Gasteiger charge is -2.35. The van der Waals surface area contributed by atoms with Gasteiger partial charge in [0.15, 0.2) is 0 Å². The van der Waals surface area contributed by atoms with Gasteiger partial charge < -0.3 is 20.4 Å². The van der Waals surface area contributed by atoms with Crippen molar-refractivity contribution in [1.29, 1.82) is 0 Å². The topological polar surface area (TPSA) is 112 Å². The summed E-state index contributed by atoms with van der Waals surface area (Å²) in [6.45, 7) is 5.68. The van der Waals surface area contributed by atoms with Crippen LogP contribution in [-0.2, 0) is 4.74 Å². The van der Waals surface area contributed by atoms with E-state index in [0.717, 1.165) is 47.8 Å². The Bertz CT molecular complexity index is 1450. The first-order chi connectivity index (χ1) is 18.8. The summed E-state index contributed by atoms with van der Waals surface area (Å²) in [6, 6.07) is 18.8. The highest BCUT2D eigenvalue weighted by Gasteiger charge is 2.33. The minimum atomic E-state index is -0.766. The van der Waals surface area contributed by atoms with Gasteiger partial charge in [-0.25, -0.2) is 19.6 Å². The van der Waals surface area contributed by atoms with Crippen molar-refractivity contribution in [3.63, 3.8) is 0 Å². The molecule has 1 aliphatic rings. The van der Waals surface area contributed by atoms with Crippen molar-refractivity contribution in [2.45, 2.75) is 64.1 Å². The number of amides is 2. The summed E-state index contributed by atoms with van der Waals surface area (Å²) in [7, 11) is 0. The summed E-state index contributed by atoms with van der Waals surface area (Å²) in [5.41, 5.74) is 2.92. The number of benzene rings is 2. The van der Waals surface area contributed by atoms with E-state index in [-0.39, 0.29) is 12.1 Å². The van der Waals surface area contributed by atoms with E-state index in [0.29, 0.717) is 11.6 Å². The van der Waals surface area contributed by atoms with Gasteiger partial charge in [-0.1, -0.05) is 49.2 Å². The van der Waals surface area contributed by atoms with Crippen molar-refractivity contribution in [2.75, 3.05) is 10.2 Å². The second kappa shape index (κ2) is 11.1. The number of carbonyl (C=O) groups excluding carboxylic acids is 2. The molecule has 9 heteroatoms. The summed E-state index contributed by atoms with van der Waals surface area (Å²) < 4.78 is 5.28. The van der Waals surface area contributed by atoms with Crippen molar-refractivity contribution in [2.24, 2.45) is 0 Å². The van der Waals surface area contributed by atoms with E-state index in [9.17, 15) is 9.59 Å². The third kappa shape index (κ3) is 6.03. The summed E-state index contributed by atoms with van der Waals surface area (Å²) >= 11 is 0. The molecule has 0 aliphatic heterocycles. The molecular formula is C30H34N6O3. The van der Waals surface area contributed by atoms with Gasteiger partial charge in [-0.15, -0.1) is 0 Å². The maximum absolute atomic E-state index is 13.1. The molecule has 5 rings (SSSR count). The highest BCUT2D eigenvalue weighted by atomic mass is 16.6. The Hall–Kier alpha value is -4.40. The van der Waals surface area contributed by atoms with Gasteiger partial charge >= 0.3 is 12.2 Å².